The maximum absolute atomic E-state index is 12.7. The predicted molar refractivity (Wildman–Crippen MR) is 92.2 cm³/mol. The molecule has 0 radical (unpaired) electrons. The Morgan fingerprint density at radius 1 is 1.21 bits per heavy atom. The Kier molecular flexibility index (Phi) is 4.20. The van der Waals surface area contributed by atoms with E-state index in [1.807, 2.05) is 24.3 Å². The van der Waals surface area contributed by atoms with Crippen LogP contribution in [0.25, 0.3) is 0 Å². The largest absolute Gasteiger partial charge is 0.460 e. The van der Waals surface area contributed by atoms with E-state index in [0.29, 0.717) is 18.4 Å². The lowest BCUT2D eigenvalue weighted by Crippen LogP contribution is -2.36. The van der Waals surface area contributed by atoms with Gasteiger partial charge in [-0.1, -0.05) is 18.2 Å². The molecule has 1 aromatic heterocycles. The van der Waals surface area contributed by atoms with Crippen LogP contribution in [0.5, 0.6) is 6.01 Å². The first-order valence-corrected chi connectivity index (χ1v) is 9.27. The maximum Gasteiger partial charge on any atom is 0.318 e. The number of piperidine rings is 1. The van der Waals surface area contributed by atoms with Gasteiger partial charge in [0, 0.05) is 25.4 Å². The van der Waals surface area contributed by atoms with Gasteiger partial charge in [-0.15, -0.1) is 0 Å². The van der Waals surface area contributed by atoms with Crippen LogP contribution in [0.15, 0.2) is 41.4 Å². The van der Waals surface area contributed by atoms with Crippen molar-refractivity contribution in [2.45, 2.75) is 30.4 Å². The van der Waals surface area contributed by atoms with Crippen LogP contribution in [0.2, 0.25) is 0 Å². The van der Waals surface area contributed by atoms with Crippen LogP contribution in [0.1, 0.15) is 18.4 Å². The molecule has 24 heavy (non-hydrogen) atoms. The molecule has 0 spiro atoms. The van der Waals surface area contributed by atoms with E-state index in [0.717, 1.165) is 36.4 Å². The number of nitrogens with zero attached hydrogens (tertiary/aromatic N) is 4. The van der Waals surface area contributed by atoms with E-state index in [9.17, 15) is 4.21 Å². The fourth-order valence-corrected chi connectivity index (χ4v) is 4.40. The molecule has 7 heteroatoms. The van der Waals surface area contributed by atoms with Crippen molar-refractivity contribution in [3.8, 4) is 6.01 Å². The smallest absolute Gasteiger partial charge is 0.318 e. The van der Waals surface area contributed by atoms with E-state index in [1.54, 1.807) is 16.6 Å². The van der Waals surface area contributed by atoms with Crippen LogP contribution in [-0.4, -0.2) is 45.3 Å². The van der Waals surface area contributed by atoms with E-state index in [2.05, 4.69) is 21.9 Å². The Morgan fingerprint density at radius 2 is 2.00 bits per heavy atom. The summed E-state index contributed by atoms with van der Waals surface area (Å²) >= 11 is 0. The molecule has 3 heterocycles. The lowest BCUT2D eigenvalue weighted by atomic mass is 10.1. The van der Waals surface area contributed by atoms with Crippen LogP contribution < -0.4 is 9.04 Å². The molecule has 4 rings (SSSR count). The second-order valence-electron chi connectivity index (χ2n) is 6.21. The van der Waals surface area contributed by atoms with Crippen molar-refractivity contribution in [2.24, 2.45) is 0 Å². The molecule has 0 bridgehead atoms. The standard InChI is InChI=1S/C17H20N4O2S/c1-20-10-7-14(8-11-20)23-17-18-9-6-16(19-17)21-12-13-4-2-3-5-15(13)24(21)22/h2-6,9,14H,7-8,10-12H2,1H3. The van der Waals surface area contributed by atoms with Crippen molar-refractivity contribution >= 4 is 16.8 Å². The summed E-state index contributed by atoms with van der Waals surface area (Å²) in [6.07, 6.45) is 3.78. The van der Waals surface area contributed by atoms with E-state index in [4.69, 9.17) is 4.74 Å². The minimum Gasteiger partial charge on any atom is -0.460 e. The monoisotopic (exact) mass is 344 g/mol. The van der Waals surface area contributed by atoms with Gasteiger partial charge in [0.15, 0.2) is 11.0 Å². The minimum absolute atomic E-state index is 0.151. The lowest BCUT2D eigenvalue weighted by Gasteiger charge is -2.28. The van der Waals surface area contributed by atoms with Crippen molar-refractivity contribution in [3.63, 3.8) is 0 Å². The Balaban J connectivity index is 1.50. The molecule has 1 unspecified atom stereocenters. The molecule has 2 aromatic rings. The van der Waals surface area contributed by atoms with Crippen LogP contribution in [0.4, 0.5) is 5.82 Å². The second kappa shape index (κ2) is 6.49. The van der Waals surface area contributed by atoms with Gasteiger partial charge in [0.2, 0.25) is 0 Å². The normalized spacial score (nSPS) is 21.7. The maximum atomic E-state index is 12.7. The Labute approximate surface area is 144 Å². The molecule has 0 aliphatic carbocycles. The number of hydrogen-bond acceptors (Lipinski definition) is 5. The molecule has 1 atom stereocenters. The topological polar surface area (TPSA) is 58.6 Å². The minimum atomic E-state index is -1.23. The molecule has 1 saturated heterocycles. The van der Waals surface area contributed by atoms with E-state index in [1.165, 1.54) is 0 Å². The number of anilines is 1. The van der Waals surface area contributed by atoms with Crippen LogP contribution >= 0.6 is 0 Å². The summed E-state index contributed by atoms with van der Waals surface area (Å²) in [6.45, 7) is 2.64. The molecule has 6 nitrogen and oxygen atoms in total. The fourth-order valence-electron chi connectivity index (χ4n) is 3.08. The molecule has 126 valence electrons. The summed E-state index contributed by atoms with van der Waals surface area (Å²) in [6, 6.07) is 9.94. The highest BCUT2D eigenvalue weighted by molar-refractivity contribution is 7.86. The first-order valence-electron chi connectivity index (χ1n) is 8.16. The van der Waals surface area contributed by atoms with Gasteiger partial charge < -0.3 is 9.64 Å². The Hall–Kier alpha value is -1.99. The lowest BCUT2D eigenvalue weighted by molar-refractivity contribution is 0.105. The predicted octanol–water partition coefficient (Wildman–Crippen LogP) is 1.99. The molecule has 2 aliphatic rings. The first-order chi connectivity index (χ1) is 11.7. The average molecular weight is 344 g/mol. The molecule has 0 N–H and O–H groups in total. The highest BCUT2D eigenvalue weighted by atomic mass is 32.2. The third-order valence-corrected chi connectivity index (χ3v) is 5.98. The molecule has 1 aromatic carbocycles. The van der Waals surface area contributed by atoms with Crippen molar-refractivity contribution in [2.75, 3.05) is 24.4 Å². The average Bonchev–Trinajstić information content (AvgIpc) is 2.95. The van der Waals surface area contributed by atoms with Gasteiger partial charge in [-0.2, -0.15) is 4.98 Å². The van der Waals surface area contributed by atoms with Gasteiger partial charge in [-0.3, -0.25) is 4.31 Å². The van der Waals surface area contributed by atoms with Crippen LogP contribution in [0, 0.1) is 0 Å². The van der Waals surface area contributed by atoms with Gasteiger partial charge in [-0.25, -0.2) is 9.19 Å². The molecule has 2 aliphatic heterocycles. The van der Waals surface area contributed by atoms with Gasteiger partial charge in [0.1, 0.15) is 11.9 Å². The SMILES string of the molecule is CN1CCC(Oc2nccc(N3Cc4ccccc4S3=O)n2)CC1. The number of ether oxygens (including phenoxy) is 1. The zero-order chi connectivity index (χ0) is 16.5. The van der Waals surface area contributed by atoms with Gasteiger partial charge in [0.25, 0.3) is 0 Å². The van der Waals surface area contributed by atoms with E-state index >= 15 is 0 Å². The number of aromatic nitrogens is 2. The Morgan fingerprint density at radius 3 is 2.79 bits per heavy atom. The summed E-state index contributed by atoms with van der Waals surface area (Å²) in [5.74, 6) is 0.641. The van der Waals surface area contributed by atoms with E-state index in [-0.39, 0.29) is 6.10 Å². The second-order valence-corrected chi connectivity index (χ2v) is 7.59. The number of benzene rings is 1. The summed E-state index contributed by atoms with van der Waals surface area (Å²) in [5.41, 5.74) is 1.08. The van der Waals surface area contributed by atoms with E-state index < -0.39 is 11.0 Å². The third kappa shape index (κ3) is 3.01. The molecular weight excluding hydrogens is 324 g/mol. The Bertz CT molecular complexity index is 762. The van der Waals surface area contributed by atoms with Gasteiger partial charge in [0.05, 0.1) is 11.4 Å². The van der Waals surface area contributed by atoms with Crippen LogP contribution in [0.3, 0.4) is 0 Å². The number of rotatable bonds is 3. The zero-order valence-corrected chi connectivity index (χ0v) is 14.4. The van der Waals surface area contributed by atoms with Crippen molar-refractivity contribution in [1.82, 2.24) is 14.9 Å². The fraction of sp³-hybridized carbons (Fsp3) is 0.412. The molecular formula is C17H20N4O2S. The van der Waals surface area contributed by atoms with Crippen molar-refractivity contribution in [1.29, 1.82) is 0 Å². The highest BCUT2D eigenvalue weighted by Crippen LogP contribution is 2.31. The summed E-state index contributed by atoms with van der Waals surface area (Å²) in [5, 5.41) is 0. The molecule has 1 fully saturated rings. The number of likely N-dealkylation sites (tertiary alicyclic amines) is 1. The highest BCUT2D eigenvalue weighted by Gasteiger charge is 2.28. The first kappa shape index (κ1) is 15.5. The number of hydrogen-bond donors (Lipinski definition) is 0. The van der Waals surface area contributed by atoms with Crippen molar-refractivity contribution in [3.05, 3.63) is 42.1 Å². The van der Waals surface area contributed by atoms with Crippen LogP contribution in [-0.2, 0) is 17.5 Å². The summed E-state index contributed by atoms with van der Waals surface area (Å²) < 4.78 is 20.4. The molecule has 0 saturated carbocycles. The third-order valence-electron chi connectivity index (χ3n) is 4.49. The summed E-state index contributed by atoms with van der Waals surface area (Å²) in [4.78, 5) is 11.9. The number of fused-ring (bicyclic) bond motifs is 1. The molecule has 0 amide bonds. The quantitative estimate of drug-likeness (QED) is 0.852. The van der Waals surface area contributed by atoms with Gasteiger partial charge in [-0.05, 0) is 31.5 Å². The van der Waals surface area contributed by atoms with Gasteiger partial charge >= 0.3 is 6.01 Å². The zero-order valence-electron chi connectivity index (χ0n) is 13.6. The summed E-state index contributed by atoms with van der Waals surface area (Å²) in [7, 11) is 0.893. The van der Waals surface area contributed by atoms with Crippen molar-refractivity contribution < 1.29 is 8.95 Å².